The largest absolute Gasteiger partial charge is 0.326 e. The summed E-state index contributed by atoms with van der Waals surface area (Å²) in [4.78, 5) is 16.5. The van der Waals surface area contributed by atoms with Crippen molar-refractivity contribution in [1.29, 1.82) is 0 Å². The number of hydrogen-bond acceptors (Lipinski definition) is 3. The molecule has 0 saturated carbocycles. The van der Waals surface area contributed by atoms with Crippen molar-refractivity contribution >= 4 is 5.91 Å². The lowest BCUT2D eigenvalue weighted by Gasteiger charge is -2.34. The molecule has 110 valence electrons. The van der Waals surface area contributed by atoms with E-state index in [4.69, 9.17) is 0 Å². The molecule has 2 aliphatic rings. The molecule has 0 radical (unpaired) electrons. The zero-order chi connectivity index (χ0) is 13.8. The van der Waals surface area contributed by atoms with E-state index in [1.54, 1.807) is 0 Å². The molecule has 2 heterocycles. The van der Waals surface area contributed by atoms with Crippen molar-refractivity contribution in [3.63, 3.8) is 0 Å². The Labute approximate surface area is 117 Å². The Morgan fingerprint density at radius 1 is 1.32 bits per heavy atom. The highest BCUT2D eigenvalue weighted by Crippen LogP contribution is 2.18. The minimum Gasteiger partial charge on any atom is -0.326 e. The van der Waals surface area contributed by atoms with Crippen LogP contribution in [0.25, 0.3) is 0 Å². The molecule has 0 aromatic heterocycles. The fourth-order valence-electron chi connectivity index (χ4n) is 3.35. The van der Waals surface area contributed by atoms with Gasteiger partial charge in [0.25, 0.3) is 0 Å². The Bertz CT molecular complexity index is 306. The summed E-state index contributed by atoms with van der Waals surface area (Å²) >= 11 is 0. The van der Waals surface area contributed by atoms with E-state index >= 15 is 0 Å². The second-order valence-corrected chi connectivity index (χ2v) is 6.39. The number of carbonyl (C=O) groups excluding carboxylic acids is 1. The van der Waals surface area contributed by atoms with Crippen LogP contribution in [0.4, 0.5) is 0 Å². The number of amides is 1. The van der Waals surface area contributed by atoms with Crippen LogP contribution in [0.15, 0.2) is 0 Å². The molecule has 4 heteroatoms. The van der Waals surface area contributed by atoms with Crippen LogP contribution in [0.5, 0.6) is 0 Å². The maximum absolute atomic E-state index is 11.9. The van der Waals surface area contributed by atoms with Gasteiger partial charge in [0.1, 0.15) is 0 Å². The molecule has 0 bridgehead atoms. The third kappa shape index (κ3) is 3.69. The number of piperidine rings is 1. The summed E-state index contributed by atoms with van der Waals surface area (Å²) in [5.74, 6) is 0.755. The third-order valence-corrected chi connectivity index (χ3v) is 4.53. The van der Waals surface area contributed by atoms with Crippen LogP contribution in [-0.4, -0.2) is 54.1 Å². The molecule has 0 aromatic carbocycles. The van der Waals surface area contributed by atoms with Crippen molar-refractivity contribution in [1.82, 2.24) is 15.1 Å². The van der Waals surface area contributed by atoms with Gasteiger partial charge in [0.15, 0.2) is 0 Å². The van der Waals surface area contributed by atoms with Crippen molar-refractivity contribution in [2.45, 2.75) is 58.7 Å². The normalized spacial score (nSPS) is 29.5. The Hall–Kier alpha value is -0.610. The second-order valence-electron chi connectivity index (χ2n) is 6.39. The van der Waals surface area contributed by atoms with Gasteiger partial charge in [-0.3, -0.25) is 10.1 Å². The Morgan fingerprint density at radius 2 is 2.11 bits per heavy atom. The topological polar surface area (TPSA) is 35.6 Å². The van der Waals surface area contributed by atoms with Crippen molar-refractivity contribution in [3.8, 4) is 0 Å². The summed E-state index contributed by atoms with van der Waals surface area (Å²) in [5.41, 5.74) is 0. The molecule has 2 fully saturated rings. The predicted octanol–water partition coefficient (Wildman–Crippen LogP) is 1.66. The number of carbonyl (C=O) groups is 1. The van der Waals surface area contributed by atoms with Gasteiger partial charge in [-0.1, -0.05) is 20.3 Å². The van der Waals surface area contributed by atoms with Gasteiger partial charge in [0.2, 0.25) is 5.91 Å². The molecule has 2 saturated heterocycles. The summed E-state index contributed by atoms with van der Waals surface area (Å²) in [7, 11) is 0. The standard InChI is InChI=1S/C15H29N3O/c1-12(2)15-16-11-14(19)18(15)10-6-9-17-8-5-4-7-13(17)3/h12-13,15-16H,4-11H2,1-3H3. The van der Waals surface area contributed by atoms with E-state index in [1.807, 2.05) is 4.90 Å². The summed E-state index contributed by atoms with van der Waals surface area (Å²) in [6, 6.07) is 0.724. The van der Waals surface area contributed by atoms with Gasteiger partial charge in [0.05, 0.1) is 12.7 Å². The summed E-state index contributed by atoms with van der Waals surface area (Å²) in [5, 5.41) is 3.32. The van der Waals surface area contributed by atoms with Crippen LogP contribution in [0.3, 0.4) is 0 Å². The monoisotopic (exact) mass is 267 g/mol. The van der Waals surface area contributed by atoms with Crippen LogP contribution >= 0.6 is 0 Å². The molecule has 2 atom stereocenters. The van der Waals surface area contributed by atoms with Crippen molar-refractivity contribution in [3.05, 3.63) is 0 Å². The highest BCUT2D eigenvalue weighted by Gasteiger charge is 2.31. The molecule has 19 heavy (non-hydrogen) atoms. The number of likely N-dealkylation sites (tertiary alicyclic amines) is 1. The average molecular weight is 267 g/mol. The van der Waals surface area contributed by atoms with E-state index in [0.717, 1.165) is 25.6 Å². The van der Waals surface area contributed by atoms with Crippen molar-refractivity contribution < 1.29 is 4.79 Å². The number of hydrogen-bond donors (Lipinski definition) is 1. The molecular weight excluding hydrogens is 238 g/mol. The number of nitrogens with zero attached hydrogens (tertiary/aromatic N) is 2. The maximum Gasteiger partial charge on any atom is 0.237 e. The number of nitrogens with one attached hydrogen (secondary N) is 1. The van der Waals surface area contributed by atoms with Gasteiger partial charge in [-0.25, -0.2) is 0 Å². The molecule has 2 rings (SSSR count). The Morgan fingerprint density at radius 3 is 2.79 bits per heavy atom. The van der Waals surface area contributed by atoms with E-state index in [2.05, 4.69) is 31.0 Å². The molecule has 0 aromatic rings. The zero-order valence-corrected chi connectivity index (χ0v) is 12.7. The molecular formula is C15H29N3O. The average Bonchev–Trinajstić information content (AvgIpc) is 2.74. The molecule has 0 spiro atoms. The third-order valence-electron chi connectivity index (χ3n) is 4.53. The first-order valence-electron chi connectivity index (χ1n) is 7.86. The second kappa shape index (κ2) is 6.71. The molecule has 2 unspecified atom stereocenters. The van der Waals surface area contributed by atoms with E-state index in [-0.39, 0.29) is 12.1 Å². The summed E-state index contributed by atoms with van der Waals surface area (Å²) < 4.78 is 0. The Balaban J connectivity index is 1.76. The van der Waals surface area contributed by atoms with Crippen LogP contribution in [0.2, 0.25) is 0 Å². The van der Waals surface area contributed by atoms with Crippen molar-refractivity contribution in [2.24, 2.45) is 5.92 Å². The number of rotatable bonds is 5. The zero-order valence-electron chi connectivity index (χ0n) is 12.7. The first-order chi connectivity index (χ1) is 9.09. The SMILES string of the molecule is CC(C)C1NCC(=O)N1CCCN1CCCCC1C. The highest BCUT2D eigenvalue weighted by atomic mass is 16.2. The predicted molar refractivity (Wildman–Crippen MR) is 77.8 cm³/mol. The first-order valence-corrected chi connectivity index (χ1v) is 7.86. The van der Waals surface area contributed by atoms with Gasteiger partial charge in [-0.2, -0.15) is 0 Å². The first kappa shape index (κ1) is 14.8. The van der Waals surface area contributed by atoms with Gasteiger partial charge in [0, 0.05) is 19.1 Å². The quantitative estimate of drug-likeness (QED) is 0.823. The molecule has 2 aliphatic heterocycles. The lowest BCUT2D eigenvalue weighted by atomic mass is 10.0. The lowest BCUT2D eigenvalue weighted by molar-refractivity contribution is -0.128. The minimum atomic E-state index is 0.242. The summed E-state index contributed by atoms with van der Waals surface area (Å²) in [6.45, 7) is 10.5. The van der Waals surface area contributed by atoms with E-state index in [9.17, 15) is 4.79 Å². The van der Waals surface area contributed by atoms with Gasteiger partial charge >= 0.3 is 0 Å². The molecule has 1 amide bonds. The fourth-order valence-corrected chi connectivity index (χ4v) is 3.35. The smallest absolute Gasteiger partial charge is 0.237 e. The van der Waals surface area contributed by atoms with E-state index in [0.29, 0.717) is 12.5 Å². The van der Waals surface area contributed by atoms with Crippen LogP contribution in [-0.2, 0) is 4.79 Å². The van der Waals surface area contributed by atoms with E-state index < -0.39 is 0 Å². The minimum absolute atomic E-state index is 0.242. The van der Waals surface area contributed by atoms with Crippen LogP contribution in [0, 0.1) is 5.92 Å². The van der Waals surface area contributed by atoms with Gasteiger partial charge in [-0.05, 0) is 38.6 Å². The Kier molecular flexibility index (Phi) is 5.22. The van der Waals surface area contributed by atoms with E-state index in [1.165, 1.54) is 25.8 Å². The highest BCUT2D eigenvalue weighted by molar-refractivity contribution is 5.80. The maximum atomic E-state index is 11.9. The molecule has 4 nitrogen and oxygen atoms in total. The molecule has 1 N–H and O–H groups in total. The molecule has 0 aliphatic carbocycles. The van der Waals surface area contributed by atoms with Gasteiger partial charge in [-0.15, -0.1) is 0 Å². The fraction of sp³-hybridized carbons (Fsp3) is 0.933. The van der Waals surface area contributed by atoms with Gasteiger partial charge < -0.3 is 9.80 Å². The summed E-state index contributed by atoms with van der Waals surface area (Å²) in [6.07, 6.45) is 5.39. The lowest BCUT2D eigenvalue weighted by Crippen LogP contribution is -2.43. The van der Waals surface area contributed by atoms with Crippen LogP contribution in [0.1, 0.15) is 46.5 Å². The van der Waals surface area contributed by atoms with Crippen molar-refractivity contribution in [2.75, 3.05) is 26.2 Å². The van der Waals surface area contributed by atoms with Crippen LogP contribution < -0.4 is 5.32 Å².